The summed E-state index contributed by atoms with van der Waals surface area (Å²) in [5, 5.41) is 1.94. The van der Waals surface area contributed by atoms with Crippen LogP contribution >= 0.6 is 24.0 Å². The summed E-state index contributed by atoms with van der Waals surface area (Å²) in [6.45, 7) is 0. The van der Waals surface area contributed by atoms with Crippen LogP contribution in [0.2, 0.25) is 0 Å². The number of nitrogens with zero attached hydrogens (tertiary/aromatic N) is 1. The fourth-order valence-electron chi connectivity index (χ4n) is 0.296. The predicted octanol–water partition coefficient (Wildman–Crippen LogP) is 1.28. The zero-order chi connectivity index (χ0) is 5.11. The molecule has 0 aliphatic rings. The average molecular weight is 130 g/mol. The highest BCUT2D eigenvalue weighted by Gasteiger charge is 1.77. The number of hydrogen-bond donors (Lipinski definition) is 0. The Morgan fingerprint density at radius 2 is 2.29 bits per heavy atom. The van der Waals surface area contributed by atoms with Gasteiger partial charge in [0, 0.05) is 6.07 Å². The molecule has 0 aliphatic carbocycles. The third-order valence-corrected chi connectivity index (χ3v) is 1.55. The van der Waals surface area contributed by atoms with E-state index in [0.717, 1.165) is 0 Å². The van der Waals surface area contributed by atoms with Gasteiger partial charge >= 0.3 is 0 Å². The lowest BCUT2D eigenvalue weighted by atomic mass is 10.7. The van der Waals surface area contributed by atoms with Gasteiger partial charge in [0.2, 0.25) is 6.20 Å². The summed E-state index contributed by atoms with van der Waals surface area (Å²) in [5.41, 5.74) is 0. The molecule has 0 bridgehead atoms. The molecule has 0 spiro atoms. The third kappa shape index (κ3) is 1.33. The molecule has 1 aromatic rings. The SMILES string of the molecule is S=[n+]1ccccs1. The van der Waals surface area contributed by atoms with Crippen molar-refractivity contribution in [2.45, 2.75) is 0 Å². The molecular weight excluding hydrogens is 126 g/mol. The molecule has 1 heterocycles. The van der Waals surface area contributed by atoms with Gasteiger partial charge in [-0.05, 0) is 9.07 Å². The highest BCUT2D eigenvalue weighted by Crippen LogP contribution is 1.80. The van der Waals surface area contributed by atoms with Crippen LogP contribution in [-0.2, 0) is 0 Å². The van der Waals surface area contributed by atoms with Gasteiger partial charge in [0.25, 0.3) is 12.4 Å². The van der Waals surface area contributed by atoms with Crippen molar-refractivity contribution in [2.24, 2.45) is 0 Å². The molecule has 0 unspecified atom stereocenters. The molecule has 0 N–H and O–H groups in total. The van der Waals surface area contributed by atoms with Crippen molar-refractivity contribution in [3.05, 3.63) is 23.7 Å². The van der Waals surface area contributed by atoms with Crippen LogP contribution in [0.3, 0.4) is 0 Å². The summed E-state index contributed by atoms with van der Waals surface area (Å²) in [6.07, 6.45) is 1.83. The number of aromatic nitrogens is 1. The Morgan fingerprint density at radius 3 is 2.57 bits per heavy atom. The average Bonchev–Trinajstić information content (AvgIpc) is 1.69. The molecule has 0 fully saturated rings. The maximum atomic E-state index is 4.75. The van der Waals surface area contributed by atoms with Gasteiger partial charge in [0.05, 0.1) is 5.38 Å². The Kier molecular flexibility index (Phi) is 1.49. The van der Waals surface area contributed by atoms with E-state index in [1.54, 1.807) is 3.00 Å². The summed E-state index contributed by atoms with van der Waals surface area (Å²) in [6, 6.07) is 3.86. The van der Waals surface area contributed by atoms with Gasteiger partial charge in [-0.3, -0.25) is 0 Å². The number of hydrogen-bond acceptors (Lipinski definition) is 2. The van der Waals surface area contributed by atoms with E-state index in [2.05, 4.69) is 0 Å². The third-order valence-electron chi connectivity index (χ3n) is 0.562. The lowest BCUT2D eigenvalue weighted by Crippen LogP contribution is -2.00. The first-order valence-corrected chi connectivity index (χ1v) is 3.06. The van der Waals surface area contributed by atoms with E-state index in [1.165, 1.54) is 11.5 Å². The molecule has 1 rings (SSSR count). The normalized spacial score (nSPS) is 8.57. The zero-order valence-electron chi connectivity index (χ0n) is 3.57. The van der Waals surface area contributed by atoms with Gasteiger partial charge in [-0.15, -0.1) is 0 Å². The molecule has 3 heteroatoms. The molecule has 0 amide bonds. The van der Waals surface area contributed by atoms with Crippen molar-refractivity contribution in [3.63, 3.8) is 0 Å². The van der Waals surface area contributed by atoms with Gasteiger partial charge in [-0.25, -0.2) is 0 Å². The Balaban J connectivity index is 3.28. The smallest absolute Gasteiger partial charge is 0.0405 e. The largest absolute Gasteiger partial charge is 0.292 e. The van der Waals surface area contributed by atoms with Crippen molar-refractivity contribution in [1.29, 1.82) is 0 Å². The molecule has 0 atom stereocenters. The van der Waals surface area contributed by atoms with Crippen LogP contribution in [0.1, 0.15) is 0 Å². The Morgan fingerprint density at radius 1 is 1.43 bits per heavy atom. The molecule has 7 heavy (non-hydrogen) atoms. The maximum absolute atomic E-state index is 4.75. The molecular formula is C4H4NS2+. The second-order valence-electron chi connectivity index (χ2n) is 1.06. The van der Waals surface area contributed by atoms with E-state index in [-0.39, 0.29) is 0 Å². The lowest BCUT2D eigenvalue weighted by Gasteiger charge is -1.63. The van der Waals surface area contributed by atoms with Crippen molar-refractivity contribution in [2.75, 3.05) is 0 Å². The van der Waals surface area contributed by atoms with Gasteiger partial charge in [0.15, 0.2) is 11.5 Å². The summed E-state index contributed by atoms with van der Waals surface area (Å²) >= 11 is 6.25. The minimum atomic E-state index is 1.50. The minimum Gasteiger partial charge on any atom is -0.0405 e. The van der Waals surface area contributed by atoms with Gasteiger partial charge in [-0.2, -0.15) is 0 Å². The van der Waals surface area contributed by atoms with E-state index in [4.69, 9.17) is 12.4 Å². The zero-order valence-corrected chi connectivity index (χ0v) is 5.21. The van der Waals surface area contributed by atoms with Gasteiger partial charge in [-0.1, -0.05) is 0 Å². The van der Waals surface area contributed by atoms with E-state index < -0.39 is 0 Å². The minimum absolute atomic E-state index is 1.50. The summed E-state index contributed by atoms with van der Waals surface area (Å²) in [7, 11) is 0. The van der Waals surface area contributed by atoms with E-state index in [0.29, 0.717) is 0 Å². The van der Waals surface area contributed by atoms with Crippen LogP contribution in [0.25, 0.3) is 0 Å². The Bertz CT molecular complexity index is 175. The van der Waals surface area contributed by atoms with Crippen molar-refractivity contribution in [1.82, 2.24) is 0 Å². The lowest BCUT2D eigenvalue weighted by molar-refractivity contribution is -0.350. The van der Waals surface area contributed by atoms with Crippen molar-refractivity contribution < 1.29 is 3.00 Å². The standard InChI is InChI=1S/C4H4NS2/c6-5-3-1-2-4-7-5/h1-4H/q+1. The summed E-state index contributed by atoms with van der Waals surface area (Å²) in [5.74, 6) is 0. The molecule has 0 aliphatic heterocycles. The maximum Gasteiger partial charge on any atom is 0.292 e. The van der Waals surface area contributed by atoms with E-state index in [1.807, 2.05) is 23.7 Å². The van der Waals surface area contributed by atoms with Crippen LogP contribution in [0.15, 0.2) is 23.7 Å². The van der Waals surface area contributed by atoms with Crippen LogP contribution in [-0.4, -0.2) is 0 Å². The van der Waals surface area contributed by atoms with Crippen molar-refractivity contribution in [3.8, 4) is 0 Å². The predicted molar refractivity (Wildman–Crippen MR) is 31.9 cm³/mol. The highest BCUT2D eigenvalue weighted by molar-refractivity contribution is 7.67. The molecule has 0 saturated carbocycles. The fourth-order valence-corrected chi connectivity index (χ4v) is 0.936. The second-order valence-corrected chi connectivity index (χ2v) is 2.56. The van der Waals surface area contributed by atoms with Crippen LogP contribution in [0.5, 0.6) is 0 Å². The first kappa shape index (κ1) is 4.87. The molecule has 1 aromatic heterocycles. The topological polar surface area (TPSA) is 5.90 Å². The molecule has 1 nitrogen and oxygen atoms in total. The molecule has 0 radical (unpaired) electrons. The van der Waals surface area contributed by atoms with Gasteiger partial charge in [0.1, 0.15) is 0 Å². The first-order valence-electron chi connectivity index (χ1n) is 1.86. The summed E-state index contributed by atoms with van der Waals surface area (Å²) in [4.78, 5) is 0. The van der Waals surface area contributed by atoms with Crippen LogP contribution < -0.4 is 3.00 Å². The van der Waals surface area contributed by atoms with Crippen LogP contribution in [0, 0.1) is 0 Å². The summed E-state index contributed by atoms with van der Waals surface area (Å²) < 4.78 is 1.62. The van der Waals surface area contributed by atoms with Crippen LogP contribution in [0.4, 0.5) is 0 Å². The number of rotatable bonds is 0. The second kappa shape index (κ2) is 2.14. The first-order chi connectivity index (χ1) is 3.39. The monoisotopic (exact) mass is 130 g/mol. The Labute approximate surface area is 51.2 Å². The highest BCUT2D eigenvalue weighted by atomic mass is 32.2. The van der Waals surface area contributed by atoms with E-state index in [9.17, 15) is 0 Å². The van der Waals surface area contributed by atoms with Crippen molar-refractivity contribution >= 4 is 24.0 Å². The Hall–Kier alpha value is -0.280. The quantitative estimate of drug-likeness (QED) is 0.479. The fraction of sp³-hybridized carbons (Fsp3) is 0. The molecule has 0 aromatic carbocycles. The molecule has 36 valence electrons. The molecule has 0 saturated heterocycles. The van der Waals surface area contributed by atoms with E-state index >= 15 is 0 Å². The van der Waals surface area contributed by atoms with Gasteiger partial charge < -0.3 is 0 Å².